The maximum atomic E-state index is 4.52. The Morgan fingerprint density at radius 2 is 2.57 bits per heavy atom. The van der Waals surface area contributed by atoms with Crippen molar-refractivity contribution in [1.29, 1.82) is 0 Å². The molecule has 0 fully saturated rings. The number of aromatic nitrogens is 2. The number of hydrogen-bond donors (Lipinski definition) is 0. The second kappa shape index (κ2) is 4.40. The van der Waals surface area contributed by atoms with Crippen LogP contribution in [0.3, 0.4) is 0 Å². The average molecular weight is 227 g/mol. The lowest BCUT2D eigenvalue weighted by Gasteiger charge is -2.00. The van der Waals surface area contributed by atoms with Crippen LogP contribution in [0.4, 0.5) is 0 Å². The predicted molar refractivity (Wildman–Crippen MR) is 63.9 cm³/mol. The third kappa shape index (κ3) is 2.33. The lowest BCUT2D eigenvalue weighted by Crippen LogP contribution is -1.95. The molecule has 1 aliphatic heterocycles. The van der Waals surface area contributed by atoms with Crippen LogP contribution in [0.5, 0.6) is 0 Å². The van der Waals surface area contributed by atoms with Crippen molar-refractivity contribution < 1.29 is 0 Å². The highest BCUT2D eigenvalue weighted by atomic mass is 32.2. The van der Waals surface area contributed by atoms with E-state index in [1.165, 1.54) is 4.38 Å². The monoisotopic (exact) mass is 227 g/mol. The fourth-order valence-corrected chi connectivity index (χ4v) is 3.40. The highest BCUT2D eigenvalue weighted by Crippen LogP contribution is 2.27. The van der Waals surface area contributed by atoms with Crippen molar-refractivity contribution in [3.8, 4) is 0 Å². The van der Waals surface area contributed by atoms with Gasteiger partial charge in [0.2, 0.25) is 0 Å². The smallest absolute Gasteiger partial charge is 0.125 e. The number of thioether (sulfide) groups is 2. The summed E-state index contributed by atoms with van der Waals surface area (Å²) in [5, 5.41) is 0. The van der Waals surface area contributed by atoms with Gasteiger partial charge >= 0.3 is 0 Å². The van der Waals surface area contributed by atoms with Gasteiger partial charge in [-0.3, -0.25) is 4.99 Å². The topological polar surface area (TPSA) is 30.2 Å². The molecule has 0 bridgehead atoms. The van der Waals surface area contributed by atoms with Crippen LogP contribution in [0.1, 0.15) is 12.7 Å². The summed E-state index contributed by atoms with van der Waals surface area (Å²) < 4.78 is 3.26. The van der Waals surface area contributed by atoms with Crippen molar-refractivity contribution in [2.24, 2.45) is 12.0 Å². The Hall–Kier alpha value is -0.420. The molecule has 76 valence electrons. The highest BCUT2D eigenvalue weighted by molar-refractivity contribution is 8.38. The van der Waals surface area contributed by atoms with Gasteiger partial charge in [0, 0.05) is 25.2 Å². The third-order valence-electron chi connectivity index (χ3n) is 2.02. The number of imidazole rings is 1. The van der Waals surface area contributed by atoms with E-state index in [2.05, 4.69) is 21.5 Å². The van der Waals surface area contributed by atoms with Gasteiger partial charge in [-0.05, 0) is 6.92 Å². The van der Waals surface area contributed by atoms with Gasteiger partial charge in [-0.15, -0.1) is 0 Å². The van der Waals surface area contributed by atoms with Crippen LogP contribution >= 0.6 is 23.5 Å². The lowest BCUT2D eigenvalue weighted by atomic mass is 10.4. The van der Waals surface area contributed by atoms with Crippen molar-refractivity contribution in [3.63, 3.8) is 0 Å². The fourth-order valence-electron chi connectivity index (χ4n) is 1.19. The number of rotatable bonds is 2. The molecule has 2 heterocycles. The summed E-state index contributed by atoms with van der Waals surface area (Å²) in [7, 11) is 2.02. The zero-order valence-electron chi connectivity index (χ0n) is 8.30. The van der Waals surface area contributed by atoms with Gasteiger partial charge in [0.15, 0.2) is 0 Å². The van der Waals surface area contributed by atoms with Crippen LogP contribution in [0.25, 0.3) is 0 Å². The molecule has 5 heteroatoms. The van der Waals surface area contributed by atoms with Gasteiger partial charge in [-0.2, -0.15) is 0 Å². The van der Waals surface area contributed by atoms with E-state index < -0.39 is 0 Å². The summed E-state index contributed by atoms with van der Waals surface area (Å²) in [5.41, 5.74) is 0. The Bertz CT molecular complexity index is 346. The molecule has 0 aromatic carbocycles. The van der Waals surface area contributed by atoms with E-state index in [0.29, 0.717) is 6.04 Å². The Balaban J connectivity index is 1.89. The molecule has 1 aromatic heterocycles. The van der Waals surface area contributed by atoms with E-state index in [0.717, 1.165) is 17.3 Å². The summed E-state index contributed by atoms with van der Waals surface area (Å²) in [6.45, 7) is 2.15. The molecule has 0 aliphatic carbocycles. The first-order valence-corrected chi connectivity index (χ1v) is 6.52. The first-order valence-electron chi connectivity index (χ1n) is 4.55. The summed E-state index contributed by atoms with van der Waals surface area (Å²) in [4.78, 5) is 8.80. The molecular formula is C9H13N3S2. The Labute approximate surface area is 92.4 Å². The first kappa shape index (κ1) is 10.1. The molecule has 3 nitrogen and oxygen atoms in total. The summed E-state index contributed by atoms with van der Waals surface area (Å²) in [5.74, 6) is 3.16. The number of hydrogen-bond acceptors (Lipinski definition) is 4. The molecule has 0 saturated carbocycles. The molecule has 0 N–H and O–H groups in total. The molecule has 0 radical (unpaired) electrons. The molecule has 0 saturated heterocycles. The van der Waals surface area contributed by atoms with Crippen molar-refractivity contribution in [2.45, 2.75) is 18.7 Å². The van der Waals surface area contributed by atoms with E-state index in [9.17, 15) is 0 Å². The quantitative estimate of drug-likeness (QED) is 0.775. The van der Waals surface area contributed by atoms with Gasteiger partial charge in [0.1, 0.15) is 10.2 Å². The van der Waals surface area contributed by atoms with Crippen LogP contribution in [0.2, 0.25) is 0 Å². The minimum atomic E-state index is 0.490. The normalized spacial score (nSPS) is 21.3. The van der Waals surface area contributed by atoms with Gasteiger partial charge in [0.25, 0.3) is 0 Å². The van der Waals surface area contributed by atoms with Crippen LogP contribution < -0.4 is 0 Å². The van der Waals surface area contributed by atoms with Crippen LogP contribution in [-0.2, 0) is 12.8 Å². The van der Waals surface area contributed by atoms with Crippen molar-refractivity contribution in [3.05, 3.63) is 18.2 Å². The summed E-state index contributed by atoms with van der Waals surface area (Å²) in [6.07, 6.45) is 3.81. The first-order chi connectivity index (χ1) is 6.75. The van der Waals surface area contributed by atoms with Crippen molar-refractivity contribution in [2.75, 3.05) is 5.75 Å². The van der Waals surface area contributed by atoms with Crippen LogP contribution in [0, 0.1) is 0 Å². The Kier molecular flexibility index (Phi) is 3.18. The van der Waals surface area contributed by atoms with Gasteiger partial charge in [-0.25, -0.2) is 4.98 Å². The highest BCUT2D eigenvalue weighted by Gasteiger charge is 2.14. The molecule has 0 amide bonds. The molecule has 1 unspecified atom stereocenters. The SMILES string of the molecule is CC1CSC(SCc2nccn2C)=N1. The van der Waals surface area contributed by atoms with Crippen LogP contribution in [0.15, 0.2) is 17.4 Å². The molecule has 0 spiro atoms. The van der Waals surface area contributed by atoms with E-state index in [1.807, 2.05) is 31.2 Å². The van der Waals surface area contributed by atoms with E-state index in [-0.39, 0.29) is 0 Å². The van der Waals surface area contributed by atoms with E-state index >= 15 is 0 Å². The standard InChI is InChI=1S/C9H13N3S2/c1-7-5-13-9(11-7)14-6-8-10-3-4-12(8)2/h3-4,7H,5-6H2,1-2H3. The maximum absolute atomic E-state index is 4.52. The fraction of sp³-hybridized carbons (Fsp3) is 0.556. The second-order valence-corrected chi connectivity index (χ2v) is 5.53. The molecule has 1 aliphatic rings. The lowest BCUT2D eigenvalue weighted by molar-refractivity contribution is 0.850. The van der Waals surface area contributed by atoms with Gasteiger partial charge in [0.05, 0.1) is 11.8 Å². The Morgan fingerprint density at radius 3 is 3.14 bits per heavy atom. The summed E-state index contributed by atoms with van der Waals surface area (Å²) >= 11 is 3.64. The average Bonchev–Trinajstić information content (AvgIpc) is 2.72. The molecule has 14 heavy (non-hydrogen) atoms. The van der Waals surface area contributed by atoms with Crippen molar-refractivity contribution >= 4 is 27.9 Å². The maximum Gasteiger partial charge on any atom is 0.125 e. The zero-order valence-corrected chi connectivity index (χ0v) is 9.94. The predicted octanol–water partition coefficient (Wildman–Crippen LogP) is 2.14. The van der Waals surface area contributed by atoms with Gasteiger partial charge in [-0.1, -0.05) is 23.5 Å². The van der Waals surface area contributed by atoms with E-state index in [1.54, 1.807) is 11.8 Å². The second-order valence-electron chi connectivity index (χ2n) is 3.30. The third-order valence-corrected chi connectivity index (χ3v) is 4.48. The minimum absolute atomic E-state index is 0.490. The zero-order chi connectivity index (χ0) is 9.97. The van der Waals surface area contributed by atoms with Crippen molar-refractivity contribution in [1.82, 2.24) is 9.55 Å². The Morgan fingerprint density at radius 1 is 1.71 bits per heavy atom. The van der Waals surface area contributed by atoms with Gasteiger partial charge < -0.3 is 4.57 Å². The van der Waals surface area contributed by atoms with E-state index in [4.69, 9.17) is 0 Å². The number of nitrogens with zero attached hydrogens (tertiary/aromatic N) is 3. The molecule has 1 aromatic rings. The molecule has 2 rings (SSSR count). The molecular weight excluding hydrogens is 214 g/mol. The number of aliphatic imine (C=N–C) groups is 1. The largest absolute Gasteiger partial charge is 0.337 e. The van der Waals surface area contributed by atoms with Crippen LogP contribution in [-0.4, -0.2) is 25.7 Å². The molecule has 1 atom stereocenters. The minimum Gasteiger partial charge on any atom is -0.337 e. The summed E-state index contributed by atoms with van der Waals surface area (Å²) in [6, 6.07) is 0.490. The number of aryl methyl sites for hydroxylation is 1.